The SMILES string of the molecule is C#CCCC(O)CCSC. The number of terminal acetylenes is 1. The van der Waals surface area contributed by atoms with Gasteiger partial charge < -0.3 is 5.11 Å². The molecule has 0 aliphatic rings. The van der Waals surface area contributed by atoms with Crippen LogP contribution in [0.4, 0.5) is 0 Å². The van der Waals surface area contributed by atoms with Crippen molar-refractivity contribution in [1.29, 1.82) is 0 Å². The van der Waals surface area contributed by atoms with Gasteiger partial charge in [0.1, 0.15) is 0 Å². The zero-order chi connectivity index (χ0) is 7.82. The molecule has 0 bridgehead atoms. The van der Waals surface area contributed by atoms with Gasteiger partial charge in [0.25, 0.3) is 0 Å². The van der Waals surface area contributed by atoms with Crippen molar-refractivity contribution in [1.82, 2.24) is 0 Å². The van der Waals surface area contributed by atoms with E-state index in [0.29, 0.717) is 6.42 Å². The van der Waals surface area contributed by atoms with Crippen LogP contribution in [0.2, 0.25) is 0 Å². The van der Waals surface area contributed by atoms with Crippen LogP contribution >= 0.6 is 11.8 Å². The van der Waals surface area contributed by atoms with E-state index in [-0.39, 0.29) is 6.10 Å². The zero-order valence-electron chi connectivity index (χ0n) is 6.34. The van der Waals surface area contributed by atoms with Crippen LogP contribution in [0.15, 0.2) is 0 Å². The highest BCUT2D eigenvalue weighted by Crippen LogP contribution is 2.04. The molecule has 0 amide bonds. The van der Waals surface area contributed by atoms with Gasteiger partial charge in [-0.25, -0.2) is 0 Å². The second-order valence-electron chi connectivity index (χ2n) is 2.18. The van der Waals surface area contributed by atoms with Crippen LogP contribution in [0.5, 0.6) is 0 Å². The third kappa shape index (κ3) is 6.00. The molecule has 0 fully saturated rings. The van der Waals surface area contributed by atoms with E-state index >= 15 is 0 Å². The van der Waals surface area contributed by atoms with Crippen LogP contribution in [-0.2, 0) is 0 Å². The number of aliphatic hydroxyl groups excluding tert-OH is 1. The molecule has 0 spiro atoms. The molecule has 0 aliphatic carbocycles. The van der Waals surface area contributed by atoms with Crippen LogP contribution in [0.25, 0.3) is 0 Å². The molecule has 0 aromatic carbocycles. The molecule has 1 N–H and O–H groups in total. The monoisotopic (exact) mass is 158 g/mol. The third-order valence-electron chi connectivity index (χ3n) is 1.28. The number of hydrogen-bond acceptors (Lipinski definition) is 2. The molecule has 0 aromatic heterocycles. The summed E-state index contributed by atoms with van der Waals surface area (Å²) in [4.78, 5) is 0. The van der Waals surface area contributed by atoms with Crippen LogP contribution in [-0.4, -0.2) is 23.2 Å². The van der Waals surface area contributed by atoms with E-state index in [1.807, 2.05) is 6.26 Å². The summed E-state index contributed by atoms with van der Waals surface area (Å²) in [7, 11) is 0. The zero-order valence-corrected chi connectivity index (χ0v) is 7.16. The summed E-state index contributed by atoms with van der Waals surface area (Å²) in [6, 6.07) is 0. The fourth-order valence-corrected chi connectivity index (χ4v) is 1.16. The fraction of sp³-hybridized carbons (Fsp3) is 0.750. The molecule has 58 valence electrons. The van der Waals surface area contributed by atoms with E-state index in [1.54, 1.807) is 11.8 Å². The van der Waals surface area contributed by atoms with Gasteiger partial charge in [-0.3, -0.25) is 0 Å². The molecular weight excluding hydrogens is 144 g/mol. The van der Waals surface area contributed by atoms with Gasteiger partial charge in [-0.1, -0.05) is 0 Å². The van der Waals surface area contributed by atoms with Gasteiger partial charge in [0.2, 0.25) is 0 Å². The Bertz CT molecular complexity index is 106. The van der Waals surface area contributed by atoms with Gasteiger partial charge in [0.15, 0.2) is 0 Å². The van der Waals surface area contributed by atoms with E-state index in [2.05, 4.69) is 5.92 Å². The van der Waals surface area contributed by atoms with Gasteiger partial charge in [-0.05, 0) is 24.9 Å². The van der Waals surface area contributed by atoms with E-state index in [4.69, 9.17) is 6.42 Å². The number of rotatable bonds is 5. The van der Waals surface area contributed by atoms with Crippen LogP contribution in [0.3, 0.4) is 0 Å². The number of hydrogen-bond donors (Lipinski definition) is 1. The molecule has 1 unspecified atom stereocenters. The summed E-state index contributed by atoms with van der Waals surface area (Å²) in [5.41, 5.74) is 0. The Labute approximate surface area is 67.2 Å². The smallest absolute Gasteiger partial charge is 0.0557 e. The molecule has 0 saturated heterocycles. The molecule has 1 atom stereocenters. The van der Waals surface area contributed by atoms with Crippen LogP contribution in [0, 0.1) is 12.3 Å². The Balaban J connectivity index is 3.10. The molecule has 0 heterocycles. The van der Waals surface area contributed by atoms with Crippen molar-refractivity contribution in [2.45, 2.75) is 25.4 Å². The maximum Gasteiger partial charge on any atom is 0.0557 e. The molecule has 0 aliphatic heterocycles. The van der Waals surface area contributed by atoms with Gasteiger partial charge in [0, 0.05) is 6.42 Å². The Morgan fingerprint density at radius 3 is 2.80 bits per heavy atom. The minimum absolute atomic E-state index is 0.191. The summed E-state index contributed by atoms with van der Waals surface area (Å²) < 4.78 is 0. The number of aliphatic hydroxyl groups is 1. The van der Waals surface area contributed by atoms with Gasteiger partial charge >= 0.3 is 0 Å². The van der Waals surface area contributed by atoms with Crippen molar-refractivity contribution in [3.8, 4) is 12.3 Å². The molecular formula is C8H14OS. The molecule has 0 aromatic rings. The second kappa shape index (κ2) is 6.98. The van der Waals surface area contributed by atoms with Gasteiger partial charge in [-0.2, -0.15) is 11.8 Å². The fourth-order valence-electron chi connectivity index (χ4n) is 0.648. The Morgan fingerprint density at radius 2 is 2.30 bits per heavy atom. The van der Waals surface area contributed by atoms with E-state index < -0.39 is 0 Å². The van der Waals surface area contributed by atoms with Crippen molar-refractivity contribution in [2.24, 2.45) is 0 Å². The normalized spacial score (nSPS) is 12.5. The first kappa shape index (κ1) is 9.87. The number of thioether (sulfide) groups is 1. The quantitative estimate of drug-likeness (QED) is 0.612. The average molecular weight is 158 g/mol. The summed E-state index contributed by atoms with van der Waals surface area (Å²) in [6.45, 7) is 0. The highest BCUT2D eigenvalue weighted by Gasteiger charge is 2.00. The lowest BCUT2D eigenvalue weighted by molar-refractivity contribution is 0.163. The lowest BCUT2D eigenvalue weighted by atomic mass is 10.1. The largest absolute Gasteiger partial charge is 0.393 e. The Morgan fingerprint density at radius 1 is 1.60 bits per heavy atom. The van der Waals surface area contributed by atoms with E-state index in [0.717, 1.165) is 18.6 Å². The summed E-state index contributed by atoms with van der Waals surface area (Å²) in [5, 5.41) is 9.20. The first-order chi connectivity index (χ1) is 4.81. The van der Waals surface area contributed by atoms with E-state index in [9.17, 15) is 5.11 Å². The van der Waals surface area contributed by atoms with E-state index in [1.165, 1.54) is 0 Å². The van der Waals surface area contributed by atoms with Crippen LogP contribution in [0.1, 0.15) is 19.3 Å². The van der Waals surface area contributed by atoms with Crippen molar-refractivity contribution in [3.63, 3.8) is 0 Å². The molecule has 0 radical (unpaired) electrons. The average Bonchev–Trinajstić information content (AvgIpc) is 1.97. The predicted molar refractivity (Wildman–Crippen MR) is 47.1 cm³/mol. The molecule has 0 rings (SSSR count). The first-order valence-corrected chi connectivity index (χ1v) is 4.81. The highest BCUT2D eigenvalue weighted by molar-refractivity contribution is 7.98. The molecule has 0 saturated carbocycles. The minimum atomic E-state index is -0.191. The van der Waals surface area contributed by atoms with Crippen molar-refractivity contribution >= 4 is 11.8 Å². The van der Waals surface area contributed by atoms with Crippen molar-refractivity contribution in [3.05, 3.63) is 0 Å². The molecule has 1 nitrogen and oxygen atoms in total. The molecule has 10 heavy (non-hydrogen) atoms. The first-order valence-electron chi connectivity index (χ1n) is 3.41. The maximum atomic E-state index is 9.20. The van der Waals surface area contributed by atoms with Crippen LogP contribution < -0.4 is 0 Å². The topological polar surface area (TPSA) is 20.2 Å². The Hall–Kier alpha value is -0.130. The van der Waals surface area contributed by atoms with Gasteiger partial charge in [-0.15, -0.1) is 12.3 Å². The highest BCUT2D eigenvalue weighted by atomic mass is 32.2. The van der Waals surface area contributed by atoms with Crippen molar-refractivity contribution in [2.75, 3.05) is 12.0 Å². The predicted octanol–water partition coefficient (Wildman–Crippen LogP) is 1.51. The minimum Gasteiger partial charge on any atom is -0.393 e. The summed E-state index contributed by atoms with van der Waals surface area (Å²) in [5.74, 6) is 3.53. The second-order valence-corrected chi connectivity index (χ2v) is 3.16. The van der Waals surface area contributed by atoms with Crippen molar-refractivity contribution < 1.29 is 5.11 Å². The standard InChI is InChI=1S/C8H14OS/c1-3-4-5-8(9)6-7-10-2/h1,8-9H,4-7H2,2H3. The lowest BCUT2D eigenvalue weighted by Gasteiger charge is -2.05. The van der Waals surface area contributed by atoms with Gasteiger partial charge in [0.05, 0.1) is 6.10 Å². The Kier molecular flexibility index (Phi) is 6.89. The summed E-state index contributed by atoms with van der Waals surface area (Å²) >= 11 is 1.75. The summed E-state index contributed by atoms with van der Waals surface area (Å²) in [6.07, 6.45) is 9.18. The lowest BCUT2D eigenvalue weighted by Crippen LogP contribution is -2.06. The third-order valence-corrected chi connectivity index (χ3v) is 1.92. The maximum absolute atomic E-state index is 9.20. The molecule has 2 heteroatoms.